The number of pyridine rings is 3. The smallest absolute Gasteiger partial charge is 0.289 e. The van der Waals surface area contributed by atoms with Crippen LogP contribution < -0.4 is 17.2 Å². The first-order chi connectivity index (χ1) is 17.6. The number of aliphatic hydroxyl groups excluding tert-OH is 2. The van der Waals surface area contributed by atoms with Gasteiger partial charge in [-0.3, -0.25) is 20.2 Å². The minimum atomic E-state index is -0.581. The molecule has 0 fully saturated rings. The van der Waals surface area contributed by atoms with E-state index in [0.717, 1.165) is 17.9 Å². The lowest BCUT2D eigenvalue weighted by Crippen LogP contribution is -1.99. The summed E-state index contributed by atoms with van der Waals surface area (Å²) in [4.78, 5) is 44.2. The summed E-state index contributed by atoms with van der Waals surface area (Å²) in [6.45, 7) is -0.361. The van der Waals surface area contributed by atoms with Gasteiger partial charge in [-0.15, -0.1) is 0 Å². The molecular weight excluding hydrogens is 492 g/mol. The molecule has 0 saturated carbocycles. The molecule has 0 aliphatic rings. The maximum atomic E-state index is 10.4. The molecule has 5 heterocycles. The molecule has 0 aromatic carbocycles. The highest BCUT2D eigenvalue weighted by molar-refractivity contribution is 5.74. The van der Waals surface area contributed by atoms with Crippen LogP contribution >= 0.6 is 0 Å². The Bertz CT molecular complexity index is 1570. The number of nitrogen functional groups attached to an aromatic ring is 3. The Kier molecular flexibility index (Phi) is 7.97. The number of nitro groups is 2. The summed E-state index contributed by atoms with van der Waals surface area (Å²) in [5.74, 6) is 0.951. The van der Waals surface area contributed by atoms with Crippen LogP contribution in [0.4, 0.5) is 28.6 Å². The van der Waals surface area contributed by atoms with Gasteiger partial charge in [-0.25, -0.2) is 24.9 Å². The van der Waals surface area contributed by atoms with Gasteiger partial charge in [-0.1, -0.05) is 0 Å². The maximum Gasteiger partial charge on any atom is 0.289 e. The van der Waals surface area contributed by atoms with Gasteiger partial charge in [0.2, 0.25) is 0 Å². The maximum absolute atomic E-state index is 10.4. The summed E-state index contributed by atoms with van der Waals surface area (Å²) < 4.78 is 0. The van der Waals surface area contributed by atoms with Crippen LogP contribution in [0.2, 0.25) is 0 Å². The number of aromatic nitrogens is 7. The highest BCUT2D eigenvalue weighted by Crippen LogP contribution is 2.18. The van der Waals surface area contributed by atoms with E-state index in [1.165, 1.54) is 18.3 Å². The van der Waals surface area contributed by atoms with Crippen LogP contribution in [0.25, 0.3) is 22.3 Å². The molecule has 0 atom stereocenters. The molecule has 18 heteroatoms. The van der Waals surface area contributed by atoms with E-state index in [-0.39, 0.29) is 36.1 Å². The normalized spacial score (nSPS) is 10.3. The van der Waals surface area contributed by atoms with E-state index < -0.39 is 9.85 Å². The van der Waals surface area contributed by atoms with Crippen LogP contribution in [0, 0.1) is 20.2 Å². The summed E-state index contributed by atoms with van der Waals surface area (Å²) in [7, 11) is 0. The van der Waals surface area contributed by atoms with Crippen molar-refractivity contribution >= 4 is 50.9 Å². The zero-order chi connectivity index (χ0) is 27.1. The van der Waals surface area contributed by atoms with Crippen LogP contribution in [0.15, 0.2) is 36.8 Å². The Morgan fingerprint density at radius 1 is 0.757 bits per heavy atom. The zero-order valence-electron chi connectivity index (χ0n) is 18.8. The summed E-state index contributed by atoms with van der Waals surface area (Å²) in [5, 5.41) is 38.1. The zero-order valence-corrected chi connectivity index (χ0v) is 18.8. The van der Waals surface area contributed by atoms with Crippen molar-refractivity contribution < 1.29 is 20.1 Å². The first-order valence-electron chi connectivity index (χ1n) is 10.1. The molecule has 18 nitrogen and oxygen atoms in total. The number of aliphatic hydroxyl groups is 2. The van der Waals surface area contributed by atoms with Crippen molar-refractivity contribution in [1.29, 1.82) is 0 Å². The highest BCUT2D eigenvalue weighted by Gasteiger charge is 2.10. The Morgan fingerprint density at radius 2 is 1.24 bits per heavy atom. The molecule has 0 bridgehead atoms. The Hall–Kier alpha value is -5.49. The molecule has 0 radical (unpaired) electrons. The third-order valence-corrected chi connectivity index (χ3v) is 4.44. The van der Waals surface area contributed by atoms with Crippen molar-refractivity contribution in [3.05, 3.63) is 68.7 Å². The molecule has 0 unspecified atom stereocenters. The second-order valence-corrected chi connectivity index (χ2v) is 7.07. The quantitative estimate of drug-likeness (QED) is 0.128. The average molecular weight is 512 g/mol. The molecule has 10 N–H and O–H groups in total. The number of hydrogen-bond donors (Lipinski definition) is 7. The minimum Gasteiger partial charge on any atom is -0.397 e. The largest absolute Gasteiger partial charge is 0.397 e. The lowest BCUT2D eigenvalue weighted by Gasteiger charge is -1.96. The molecule has 5 rings (SSSR count). The number of H-pyrrole nitrogens is 2. The van der Waals surface area contributed by atoms with Crippen molar-refractivity contribution in [1.82, 2.24) is 34.9 Å². The fourth-order valence-corrected chi connectivity index (χ4v) is 2.74. The molecule has 5 aromatic rings. The van der Waals surface area contributed by atoms with E-state index >= 15 is 0 Å². The van der Waals surface area contributed by atoms with E-state index in [1.54, 1.807) is 6.07 Å². The molecular formula is C19H20N12O6. The van der Waals surface area contributed by atoms with Crippen LogP contribution in [0.1, 0.15) is 11.6 Å². The van der Waals surface area contributed by atoms with Gasteiger partial charge in [0, 0.05) is 12.1 Å². The van der Waals surface area contributed by atoms with Crippen molar-refractivity contribution in [2.45, 2.75) is 13.2 Å². The monoisotopic (exact) mass is 512 g/mol. The second kappa shape index (κ2) is 11.3. The van der Waals surface area contributed by atoms with Crippen LogP contribution in [-0.4, -0.2) is 54.9 Å². The lowest BCUT2D eigenvalue weighted by molar-refractivity contribution is -0.385. The Labute approximate surface area is 205 Å². The van der Waals surface area contributed by atoms with Gasteiger partial charge in [-0.2, -0.15) is 0 Å². The van der Waals surface area contributed by atoms with Gasteiger partial charge in [0.15, 0.2) is 11.3 Å². The highest BCUT2D eigenvalue weighted by atomic mass is 16.6. The number of anilines is 3. The van der Waals surface area contributed by atoms with Gasteiger partial charge in [-0.05, 0) is 6.07 Å². The minimum absolute atomic E-state index is 0.106. The predicted molar refractivity (Wildman–Crippen MR) is 130 cm³/mol. The molecule has 0 saturated heterocycles. The third-order valence-electron chi connectivity index (χ3n) is 4.44. The summed E-state index contributed by atoms with van der Waals surface area (Å²) in [6, 6.07) is 4.23. The molecule has 0 amide bonds. The number of nitrogens with one attached hydrogen (secondary N) is 2. The fourth-order valence-electron chi connectivity index (χ4n) is 2.74. The number of nitrogens with zero attached hydrogens (tertiary/aromatic N) is 7. The molecule has 192 valence electrons. The number of imidazole rings is 2. The van der Waals surface area contributed by atoms with Gasteiger partial charge in [0.05, 0.1) is 38.5 Å². The fraction of sp³-hybridized carbons (Fsp3) is 0.105. The van der Waals surface area contributed by atoms with Crippen molar-refractivity contribution in [3.8, 4) is 0 Å². The molecule has 0 spiro atoms. The predicted octanol–water partition coefficient (Wildman–Crippen LogP) is 0.545. The van der Waals surface area contributed by atoms with Crippen LogP contribution in [-0.2, 0) is 13.2 Å². The summed E-state index contributed by atoms with van der Waals surface area (Å²) in [6.07, 6.45) is 3.72. The molecule has 0 aliphatic heterocycles. The number of hydrogen-bond acceptors (Lipinski definition) is 14. The standard InChI is InChI=1S/C7H6N4O3.C7H8N4O.C5H6N4O2/c12-3-6-9-5-1-4(11(13)14)2-8-7(5)10-6;8-4-1-5-7(9-2-4)11-6(3-12)10-5;6-4-1-3(9(10)11)2-8-5(4)7/h1-2,12H,3H2,(H,8,9,10);1-2,12H,3,8H2,(H,9,10,11);1-2H,6H2,(H2,7,8). The van der Waals surface area contributed by atoms with E-state index in [1.807, 2.05) is 0 Å². The van der Waals surface area contributed by atoms with Gasteiger partial charge in [0.25, 0.3) is 11.4 Å². The topological polar surface area (TPSA) is 301 Å². The van der Waals surface area contributed by atoms with Crippen LogP contribution in [0.5, 0.6) is 0 Å². The van der Waals surface area contributed by atoms with Crippen molar-refractivity contribution in [2.75, 3.05) is 17.2 Å². The van der Waals surface area contributed by atoms with E-state index in [9.17, 15) is 20.2 Å². The Morgan fingerprint density at radius 3 is 1.76 bits per heavy atom. The summed E-state index contributed by atoms with van der Waals surface area (Å²) in [5.41, 5.74) is 18.6. The summed E-state index contributed by atoms with van der Waals surface area (Å²) >= 11 is 0. The van der Waals surface area contributed by atoms with Gasteiger partial charge in [0.1, 0.15) is 43.1 Å². The SMILES string of the molecule is Nc1cc([N+](=O)[O-])cnc1N.Nc1cnc2nc(CO)[nH]c2c1.O=[N+]([O-])c1cnc2nc(CO)[nH]c2c1. The first kappa shape index (κ1) is 26.1. The van der Waals surface area contributed by atoms with E-state index in [0.29, 0.717) is 34.1 Å². The Balaban J connectivity index is 0.000000156. The number of rotatable bonds is 4. The first-order valence-corrected chi connectivity index (χ1v) is 10.1. The van der Waals surface area contributed by atoms with E-state index in [2.05, 4.69) is 34.9 Å². The van der Waals surface area contributed by atoms with Crippen LogP contribution in [0.3, 0.4) is 0 Å². The van der Waals surface area contributed by atoms with Crippen molar-refractivity contribution in [3.63, 3.8) is 0 Å². The lowest BCUT2D eigenvalue weighted by atomic mass is 10.3. The molecule has 5 aromatic heterocycles. The molecule has 0 aliphatic carbocycles. The average Bonchev–Trinajstić information content (AvgIpc) is 3.48. The van der Waals surface area contributed by atoms with Gasteiger partial charge >= 0.3 is 0 Å². The number of fused-ring (bicyclic) bond motifs is 2. The van der Waals surface area contributed by atoms with Gasteiger partial charge < -0.3 is 37.4 Å². The number of aromatic amines is 2. The van der Waals surface area contributed by atoms with E-state index in [4.69, 9.17) is 27.4 Å². The van der Waals surface area contributed by atoms with Crippen molar-refractivity contribution in [2.24, 2.45) is 0 Å². The number of nitrogens with two attached hydrogens (primary N) is 3. The second-order valence-electron chi connectivity index (χ2n) is 7.07. The molecule has 37 heavy (non-hydrogen) atoms. The third kappa shape index (κ3) is 6.55.